The van der Waals surface area contributed by atoms with Gasteiger partial charge >= 0.3 is 5.97 Å². The Bertz CT molecular complexity index is 368. The van der Waals surface area contributed by atoms with Gasteiger partial charge in [-0.15, -0.1) is 0 Å². The van der Waals surface area contributed by atoms with E-state index in [-0.39, 0.29) is 5.82 Å². The summed E-state index contributed by atoms with van der Waals surface area (Å²) < 4.78 is 13.0. The Morgan fingerprint density at radius 1 is 1.53 bits per heavy atom. The molecule has 0 aliphatic carbocycles. The second-order valence-corrected chi connectivity index (χ2v) is 5.18. The number of aliphatic carboxylic acids is 1. The Kier molecular flexibility index (Phi) is 6.05. The molecule has 1 rings (SSSR count). The van der Waals surface area contributed by atoms with Gasteiger partial charge in [-0.25, -0.2) is 4.39 Å². The molecular weight excluding hydrogens is 239 g/mol. The zero-order valence-electron chi connectivity index (χ0n) is 9.86. The highest BCUT2D eigenvalue weighted by molar-refractivity contribution is 7.99. The van der Waals surface area contributed by atoms with E-state index in [1.165, 1.54) is 12.1 Å². The molecular formula is C13H17FO2S. The first kappa shape index (κ1) is 14.0. The summed E-state index contributed by atoms with van der Waals surface area (Å²) in [6.45, 7) is 2.08. The van der Waals surface area contributed by atoms with Gasteiger partial charge in [0.1, 0.15) is 5.82 Å². The molecule has 0 radical (unpaired) electrons. The molecule has 0 bridgehead atoms. The highest BCUT2D eigenvalue weighted by Gasteiger charge is 2.19. The Hall–Kier alpha value is -1.03. The number of benzene rings is 1. The zero-order chi connectivity index (χ0) is 12.7. The van der Waals surface area contributed by atoms with E-state index < -0.39 is 11.9 Å². The fraction of sp³-hybridized carbons (Fsp3) is 0.462. The maximum atomic E-state index is 13.0. The predicted molar refractivity (Wildman–Crippen MR) is 69.0 cm³/mol. The number of thioether (sulfide) groups is 1. The standard InChI is InChI=1S/C13H17FO2S/c1-2-17-8-4-7-12(13(15)16)10-5-3-6-11(14)9-10/h3,5-6,9,12H,2,4,7-8H2,1H3,(H,15,16). The first-order chi connectivity index (χ1) is 8.15. The molecule has 0 amide bonds. The maximum Gasteiger partial charge on any atom is 0.310 e. The van der Waals surface area contributed by atoms with Crippen LogP contribution in [-0.4, -0.2) is 22.6 Å². The number of rotatable bonds is 7. The van der Waals surface area contributed by atoms with Crippen molar-refractivity contribution < 1.29 is 14.3 Å². The summed E-state index contributed by atoms with van der Waals surface area (Å²) in [5.74, 6) is 0.143. The lowest BCUT2D eigenvalue weighted by Gasteiger charge is -2.12. The second-order valence-electron chi connectivity index (χ2n) is 3.78. The van der Waals surface area contributed by atoms with E-state index in [1.807, 2.05) is 0 Å². The fourth-order valence-corrected chi connectivity index (χ4v) is 2.35. The average molecular weight is 256 g/mol. The van der Waals surface area contributed by atoms with E-state index in [4.69, 9.17) is 5.11 Å². The molecule has 17 heavy (non-hydrogen) atoms. The minimum atomic E-state index is -0.878. The van der Waals surface area contributed by atoms with Crippen LogP contribution >= 0.6 is 11.8 Å². The lowest BCUT2D eigenvalue weighted by Crippen LogP contribution is -2.12. The Labute approximate surface area is 105 Å². The third kappa shape index (κ3) is 4.77. The Morgan fingerprint density at radius 2 is 2.29 bits per heavy atom. The smallest absolute Gasteiger partial charge is 0.310 e. The van der Waals surface area contributed by atoms with E-state index in [0.29, 0.717) is 12.0 Å². The molecule has 2 nitrogen and oxygen atoms in total. The highest BCUT2D eigenvalue weighted by Crippen LogP contribution is 2.23. The van der Waals surface area contributed by atoms with Gasteiger partial charge in [-0.05, 0) is 42.0 Å². The summed E-state index contributed by atoms with van der Waals surface area (Å²) in [5.41, 5.74) is 0.555. The molecule has 0 aromatic heterocycles. The van der Waals surface area contributed by atoms with Gasteiger partial charge in [-0.1, -0.05) is 19.1 Å². The third-order valence-corrected chi connectivity index (χ3v) is 3.52. The van der Waals surface area contributed by atoms with Gasteiger partial charge in [0.15, 0.2) is 0 Å². The monoisotopic (exact) mass is 256 g/mol. The van der Waals surface area contributed by atoms with Crippen LogP contribution in [0, 0.1) is 5.82 Å². The van der Waals surface area contributed by atoms with Crippen molar-refractivity contribution in [1.82, 2.24) is 0 Å². The summed E-state index contributed by atoms with van der Waals surface area (Å²) >= 11 is 1.79. The number of carboxylic acid groups (broad SMARTS) is 1. The molecule has 0 heterocycles. The largest absolute Gasteiger partial charge is 0.481 e. The van der Waals surface area contributed by atoms with Crippen LogP contribution in [0.5, 0.6) is 0 Å². The van der Waals surface area contributed by atoms with Crippen molar-refractivity contribution in [2.24, 2.45) is 0 Å². The topological polar surface area (TPSA) is 37.3 Å². The van der Waals surface area contributed by atoms with Crippen LogP contribution in [0.1, 0.15) is 31.2 Å². The number of halogens is 1. The SMILES string of the molecule is CCSCCCC(C(=O)O)c1cccc(F)c1. The van der Waals surface area contributed by atoms with Crippen LogP contribution in [0.15, 0.2) is 24.3 Å². The molecule has 1 unspecified atom stereocenters. The molecule has 0 spiro atoms. The summed E-state index contributed by atoms with van der Waals surface area (Å²) in [6, 6.07) is 5.87. The van der Waals surface area contributed by atoms with Crippen molar-refractivity contribution >= 4 is 17.7 Å². The number of hydrogen-bond donors (Lipinski definition) is 1. The molecule has 94 valence electrons. The minimum Gasteiger partial charge on any atom is -0.481 e. The van der Waals surface area contributed by atoms with Gasteiger partial charge in [-0.3, -0.25) is 4.79 Å². The van der Waals surface area contributed by atoms with Gasteiger partial charge in [0.2, 0.25) is 0 Å². The van der Waals surface area contributed by atoms with Crippen molar-refractivity contribution in [3.8, 4) is 0 Å². The second kappa shape index (κ2) is 7.33. The number of carbonyl (C=O) groups is 1. The number of carboxylic acids is 1. The minimum absolute atomic E-state index is 0.378. The lowest BCUT2D eigenvalue weighted by molar-refractivity contribution is -0.139. The number of hydrogen-bond acceptors (Lipinski definition) is 2. The first-order valence-corrected chi connectivity index (χ1v) is 6.86. The molecule has 4 heteroatoms. The third-order valence-electron chi connectivity index (χ3n) is 2.53. The summed E-state index contributed by atoms with van der Waals surface area (Å²) in [6.07, 6.45) is 1.40. The summed E-state index contributed by atoms with van der Waals surface area (Å²) in [4.78, 5) is 11.1. The van der Waals surface area contributed by atoms with Crippen LogP contribution in [0.2, 0.25) is 0 Å². The Morgan fingerprint density at radius 3 is 2.88 bits per heavy atom. The molecule has 0 aliphatic rings. The van der Waals surface area contributed by atoms with Gasteiger partial charge in [0.25, 0.3) is 0 Å². The molecule has 0 aliphatic heterocycles. The van der Waals surface area contributed by atoms with Crippen LogP contribution in [0.25, 0.3) is 0 Å². The van der Waals surface area contributed by atoms with Gasteiger partial charge in [0.05, 0.1) is 5.92 Å². The lowest BCUT2D eigenvalue weighted by atomic mass is 9.95. The molecule has 0 saturated heterocycles. The first-order valence-electron chi connectivity index (χ1n) is 5.71. The molecule has 0 saturated carbocycles. The maximum absolute atomic E-state index is 13.0. The van der Waals surface area contributed by atoms with E-state index >= 15 is 0 Å². The van der Waals surface area contributed by atoms with Gasteiger partial charge < -0.3 is 5.11 Å². The highest BCUT2D eigenvalue weighted by atomic mass is 32.2. The zero-order valence-corrected chi connectivity index (χ0v) is 10.7. The van der Waals surface area contributed by atoms with Crippen LogP contribution in [-0.2, 0) is 4.79 Å². The van der Waals surface area contributed by atoms with Crippen molar-refractivity contribution in [3.63, 3.8) is 0 Å². The van der Waals surface area contributed by atoms with E-state index in [1.54, 1.807) is 23.9 Å². The van der Waals surface area contributed by atoms with Crippen LogP contribution in [0.3, 0.4) is 0 Å². The van der Waals surface area contributed by atoms with Crippen molar-refractivity contribution in [3.05, 3.63) is 35.6 Å². The molecule has 1 aromatic rings. The fourth-order valence-electron chi connectivity index (χ4n) is 1.69. The van der Waals surface area contributed by atoms with E-state index in [2.05, 4.69) is 6.92 Å². The summed E-state index contributed by atoms with van der Waals surface area (Å²) in [7, 11) is 0. The molecule has 0 fully saturated rings. The Balaban J connectivity index is 2.63. The molecule has 1 N–H and O–H groups in total. The van der Waals surface area contributed by atoms with E-state index in [9.17, 15) is 9.18 Å². The van der Waals surface area contributed by atoms with Gasteiger partial charge in [0, 0.05) is 0 Å². The normalized spacial score (nSPS) is 12.4. The average Bonchev–Trinajstić information content (AvgIpc) is 2.28. The predicted octanol–water partition coefficient (Wildman–Crippen LogP) is 3.53. The quantitative estimate of drug-likeness (QED) is 0.758. The van der Waals surface area contributed by atoms with Crippen LogP contribution < -0.4 is 0 Å². The summed E-state index contributed by atoms with van der Waals surface area (Å²) in [5, 5.41) is 9.14. The van der Waals surface area contributed by atoms with Crippen molar-refractivity contribution in [2.45, 2.75) is 25.7 Å². The van der Waals surface area contributed by atoms with Crippen molar-refractivity contribution in [1.29, 1.82) is 0 Å². The van der Waals surface area contributed by atoms with Crippen LogP contribution in [0.4, 0.5) is 4.39 Å². The molecule has 1 aromatic carbocycles. The van der Waals surface area contributed by atoms with E-state index in [0.717, 1.165) is 17.9 Å². The van der Waals surface area contributed by atoms with Gasteiger partial charge in [-0.2, -0.15) is 11.8 Å². The molecule has 1 atom stereocenters. The van der Waals surface area contributed by atoms with Crippen molar-refractivity contribution in [2.75, 3.05) is 11.5 Å².